The zero-order valence-corrected chi connectivity index (χ0v) is 16.7. The van der Waals surface area contributed by atoms with Crippen LogP contribution in [0.25, 0.3) is 0 Å². The van der Waals surface area contributed by atoms with Crippen LogP contribution in [0.2, 0.25) is 0 Å². The van der Waals surface area contributed by atoms with Crippen LogP contribution in [0.15, 0.2) is 9.52 Å². The predicted octanol–water partition coefficient (Wildman–Crippen LogP) is 2.92. The first-order chi connectivity index (χ1) is 10.0. The van der Waals surface area contributed by atoms with Crippen molar-refractivity contribution in [2.24, 2.45) is 10.9 Å². The molecule has 1 aromatic heterocycles. The van der Waals surface area contributed by atoms with E-state index in [9.17, 15) is 0 Å². The number of hydrogen-bond acceptors (Lipinski definition) is 4. The summed E-state index contributed by atoms with van der Waals surface area (Å²) < 4.78 is 5.08. The molecule has 128 valence electrons. The van der Waals surface area contributed by atoms with Gasteiger partial charge in [-0.2, -0.15) is 4.98 Å². The van der Waals surface area contributed by atoms with Gasteiger partial charge in [-0.25, -0.2) is 0 Å². The van der Waals surface area contributed by atoms with Gasteiger partial charge in [0.15, 0.2) is 11.8 Å². The molecular formula is C15H30IN5O. The molecule has 0 aliphatic carbocycles. The second kappa shape index (κ2) is 11.7. The molecule has 0 fully saturated rings. The molecule has 1 atom stereocenters. The average Bonchev–Trinajstić information content (AvgIpc) is 2.82. The number of nitrogens with one attached hydrogen (secondary N) is 2. The van der Waals surface area contributed by atoms with Gasteiger partial charge in [0, 0.05) is 19.0 Å². The maximum Gasteiger partial charge on any atom is 0.228 e. The van der Waals surface area contributed by atoms with Gasteiger partial charge in [0.25, 0.3) is 0 Å². The number of guanidine groups is 1. The normalized spacial score (nSPS) is 12.9. The molecule has 0 aliphatic heterocycles. The van der Waals surface area contributed by atoms with Gasteiger partial charge in [0.05, 0.1) is 6.54 Å². The van der Waals surface area contributed by atoms with E-state index in [2.05, 4.69) is 53.5 Å². The number of rotatable bonds is 8. The maximum absolute atomic E-state index is 5.08. The molecule has 0 spiro atoms. The topological polar surface area (TPSA) is 75.3 Å². The van der Waals surface area contributed by atoms with Crippen molar-refractivity contribution >= 4 is 29.9 Å². The number of aromatic nitrogens is 2. The Kier molecular flexibility index (Phi) is 11.2. The Morgan fingerprint density at radius 3 is 2.55 bits per heavy atom. The van der Waals surface area contributed by atoms with Crippen LogP contribution in [0.1, 0.15) is 52.3 Å². The van der Waals surface area contributed by atoms with Gasteiger partial charge in [-0.1, -0.05) is 19.0 Å². The minimum absolute atomic E-state index is 0. The van der Waals surface area contributed by atoms with Gasteiger partial charge in [-0.15, -0.1) is 24.0 Å². The summed E-state index contributed by atoms with van der Waals surface area (Å²) in [5.74, 6) is 2.89. The Morgan fingerprint density at radius 1 is 1.27 bits per heavy atom. The summed E-state index contributed by atoms with van der Waals surface area (Å²) in [6.45, 7) is 12.1. The Morgan fingerprint density at radius 2 is 2.00 bits per heavy atom. The number of hydrogen-bond donors (Lipinski definition) is 2. The third-order valence-electron chi connectivity index (χ3n) is 3.07. The molecule has 0 aromatic carbocycles. The first-order valence-electron chi connectivity index (χ1n) is 7.85. The fourth-order valence-corrected chi connectivity index (χ4v) is 1.91. The molecule has 1 unspecified atom stereocenters. The van der Waals surface area contributed by atoms with E-state index < -0.39 is 0 Å². The summed E-state index contributed by atoms with van der Waals surface area (Å²) in [4.78, 5) is 8.73. The molecule has 1 heterocycles. The minimum atomic E-state index is 0. The molecule has 0 radical (unpaired) electrons. The smallest absolute Gasteiger partial charge is 0.228 e. The highest BCUT2D eigenvalue weighted by atomic mass is 127. The maximum atomic E-state index is 5.08. The van der Waals surface area contributed by atoms with Crippen molar-refractivity contribution in [3.05, 3.63) is 11.7 Å². The van der Waals surface area contributed by atoms with Crippen LogP contribution >= 0.6 is 24.0 Å². The minimum Gasteiger partial charge on any atom is -0.357 e. The number of halogens is 1. The van der Waals surface area contributed by atoms with E-state index in [1.54, 1.807) is 0 Å². The third kappa shape index (κ3) is 9.22. The van der Waals surface area contributed by atoms with Crippen LogP contribution in [-0.4, -0.2) is 35.2 Å². The molecule has 0 saturated carbocycles. The molecule has 1 aromatic rings. The Hall–Kier alpha value is -0.860. The quantitative estimate of drug-likeness (QED) is 0.382. The highest BCUT2D eigenvalue weighted by Crippen LogP contribution is 2.06. The van der Waals surface area contributed by atoms with Gasteiger partial charge in [0.2, 0.25) is 5.89 Å². The Bertz CT molecular complexity index is 433. The summed E-state index contributed by atoms with van der Waals surface area (Å²) in [7, 11) is 0. The van der Waals surface area contributed by atoms with Crippen molar-refractivity contribution in [1.82, 2.24) is 20.8 Å². The molecule has 0 saturated heterocycles. The van der Waals surface area contributed by atoms with Gasteiger partial charge in [-0.3, -0.25) is 4.99 Å². The third-order valence-corrected chi connectivity index (χ3v) is 3.07. The first kappa shape index (κ1) is 21.1. The van der Waals surface area contributed by atoms with Crippen LogP contribution in [0, 0.1) is 12.8 Å². The lowest BCUT2D eigenvalue weighted by Crippen LogP contribution is -2.42. The zero-order chi connectivity index (χ0) is 15.7. The van der Waals surface area contributed by atoms with E-state index >= 15 is 0 Å². The van der Waals surface area contributed by atoms with Crippen LogP contribution in [0.4, 0.5) is 0 Å². The van der Waals surface area contributed by atoms with Gasteiger partial charge in [0.1, 0.15) is 0 Å². The summed E-state index contributed by atoms with van der Waals surface area (Å²) in [6, 6.07) is 0.413. The lowest BCUT2D eigenvalue weighted by Gasteiger charge is -2.18. The van der Waals surface area contributed by atoms with E-state index in [0.717, 1.165) is 24.8 Å². The van der Waals surface area contributed by atoms with E-state index in [4.69, 9.17) is 4.52 Å². The molecule has 6 nitrogen and oxygen atoms in total. The van der Waals surface area contributed by atoms with Crippen LogP contribution < -0.4 is 10.6 Å². The molecule has 1 rings (SSSR count). The van der Waals surface area contributed by atoms with Crippen LogP contribution in [-0.2, 0) is 6.42 Å². The standard InChI is InChI=1S/C15H29N5O.HI/c1-6-16-15(18-12(4)8-7-11(2)3)17-10-9-14-19-13(5)20-21-14;/h11-12H,6-10H2,1-5H3,(H2,16,17,18);1H. The first-order valence-corrected chi connectivity index (χ1v) is 7.85. The number of aryl methyl sites for hydroxylation is 1. The van der Waals surface area contributed by atoms with Gasteiger partial charge < -0.3 is 15.2 Å². The monoisotopic (exact) mass is 423 g/mol. The predicted molar refractivity (Wildman–Crippen MR) is 101 cm³/mol. The zero-order valence-electron chi connectivity index (χ0n) is 14.3. The van der Waals surface area contributed by atoms with Crippen molar-refractivity contribution in [2.45, 2.75) is 59.9 Å². The fourth-order valence-electron chi connectivity index (χ4n) is 1.91. The van der Waals surface area contributed by atoms with Gasteiger partial charge >= 0.3 is 0 Å². The largest absolute Gasteiger partial charge is 0.357 e. The highest BCUT2D eigenvalue weighted by Gasteiger charge is 2.07. The molecule has 22 heavy (non-hydrogen) atoms. The van der Waals surface area contributed by atoms with E-state index in [0.29, 0.717) is 30.7 Å². The molecule has 0 aliphatic rings. The molecular weight excluding hydrogens is 393 g/mol. The van der Waals surface area contributed by atoms with E-state index in [-0.39, 0.29) is 24.0 Å². The fraction of sp³-hybridized carbons (Fsp3) is 0.800. The molecule has 7 heteroatoms. The Balaban J connectivity index is 0.00000441. The van der Waals surface area contributed by atoms with Crippen molar-refractivity contribution in [2.75, 3.05) is 13.1 Å². The lowest BCUT2D eigenvalue weighted by molar-refractivity contribution is 0.376. The van der Waals surface area contributed by atoms with E-state index in [1.165, 1.54) is 6.42 Å². The van der Waals surface area contributed by atoms with Crippen LogP contribution in [0.5, 0.6) is 0 Å². The Labute approximate surface area is 150 Å². The number of nitrogens with zero attached hydrogens (tertiary/aromatic N) is 3. The molecule has 0 bridgehead atoms. The van der Waals surface area contributed by atoms with Crippen molar-refractivity contribution in [3.8, 4) is 0 Å². The van der Waals surface area contributed by atoms with Crippen molar-refractivity contribution in [1.29, 1.82) is 0 Å². The highest BCUT2D eigenvalue weighted by molar-refractivity contribution is 14.0. The second-order valence-corrected chi connectivity index (χ2v) is 5.76. The second-order valence-electron chi connectivity index (χ2n) is 5.76. The summed E-state index contributed by atoms with van der Waals surface area (Å²) >= 11 is 0. The summed E-state index contributed by atoms with van der Waals surface area (Å²) in [5, 5.41) is 10.5. The molecule has 0 amide bonds. The van der Waals surface area contributed by atoms with Crippen LogP contribution in [0.3, 0.4) is 0 Å². The molecule has 2 N–H and O–H groups in total. The van der Waals surface area contributed by atoms with Crippen molar-refractivity contribution in [3.63, 3.8) is 0 Å². The van der Waals surface area contributed by atoms with Gasteiger partial charge in [-0.05, 0) is 39.5 Å². The lowest BCUT2D eigenvalue weighted by atomic mass is 10.0. The summed E-state index contributed by atoms with van der Waals surface area (Å²) in [5.41, 5.74) is 0. The van der Waals surface area contributed by atoms with E-state index in [1.807, 2.05) is 6.92 Å². The summed E-state index contributed by atoms with van der Waals surface area (Å²) in [6.07, 6.45) is 3.03. The number of aliphatic imine (C=N–C) groups is 1. The van der Waals surface area contributed by atoms with Crippen molar-refractivity contribution < 1.29 is 4.52 Å². The average molecular weight is 423 g/mol. The SMILES string of the molecule is CCNC(=NCCc1nc(C)no1)NC(C)CCC(C)C.I.